The summed E-state index contributed by atoms with van der Waals surface area (Å²) in [6.45, 7) is 0. The molecular formula is C16H17N3O2. The van der Waals surface area contributed by atoms with Crippen LogP contribution in [-0.2, 0) is 12.8 Å². The van der Waals surface area contributed by atoms with Gasteiger partial charge in [0.15, 0.2) is 0 Å². The highest BCUT2D eigenvalue weighted by atomic mass is 16.5. The van der Waals surface area contributed by atoms with Crippen molar-refractivity contribution in [2.75, 3.05) is 5.73 Å². The number of hydrogen-bond donors (Lipinski definition) is 3. The Morgan fingerprint density at radius 2 is 2.14 bits per heavy atom. The number of carbonyl (C=O) groups is 1. The number of hydrogen-bond acceptors (Lipinski definition) is 4. The van der Waals surface area contributed by atoms with E-state index in [1.807, 2.05) is 24.3 Å². The zero-order valence-corrected chi connectivity index (χ0v) is 11.5. The monoisotopic (exact) mass is 283 g/mol. The molecule has 1 aromatic carbocycles. The van der Waals surface area contributed by atoms with E-state index in [-0.39, 0.29) is 0 Å². The van der Waals surface area contributed by atoms with Crippen molar-refractivity contribution in [2.24, 2.45) is 0 Å². The quantitative estimate of drug-likeness (QED) is 0.581. The summed E-state index contributed by atoms with van der Waals surface area (Å²) >= 11 is 0. The van der Waals surface area contributed by atoms with Gasteiger partial charge in [-0.3, -0.25) is 10.0 Å². The minimum absolute atomic E-state index is 0.431. The lowest BCUT2D eigenvalue weighted by molar-refractivity contribution is 0.0706. The summed E-state index contributed by atoms with van der Waals surface area (Å²) in [5, 5.41) is 8.69. The number of carbonyl (C=O) groups excluding carboxylic acids is 1. The van der Waals surface area contributed by atoms with Gasteiger partial charge in [0.05, 0.1) is 0 Å². The van der Waals surface area contributed by atoms with Crippen LogP contribution in [0.2, 0.25) is 0 Å². The zero-order chi connectivity index (χ0) is 14.8. The number of rotatable bonds is 2. The van der Waals surface area contributed by atoms with E-state index >= 15 is 0 Å². The fraction of sp³-hybridized carbons (Fsp3) is 0.250. The Balaban J connectivity index is 1.85. The Morgan fingerprint density at radius 3 is 2.90 bits per heavy atom. The number of aryl methyl sites for hydroxylation is 1. The van der Waals surface area contributed by atoms with Gasteiger partial charge >= 0.3 is 0 Å². The minimum Gasteiger partial charge on any atom is -0.384 e. The lowest BCUT2D eigenvalue weighted by Gasteiger charge is -2.25. The Hall–Kier alpha value is -2.40. The number of amides is 1. The van der Waals surface area contributed by atoms with Gasteiger partial charge in [0, 0.05) is 11.8 Å². The third kappa shape index (κ3) is 2.73. The highest BCUT2D eigenvalue weighted by Crippen LogP contribution is 2.33. The summed E-state index contributed by atoms with van der Waals surface area (Å²) < 4.78 is 0. The van der Waals surface area contributed by atoms with Crippen LogP contribution in [0, 0.1) is 0 Å². The molecule has 1 atom stereocenters. The van der Waals surface area contributed by atoms with Gasteiger partial charge < -0.3 is 5.73 Å². The average molecular weight is 283 g/mol. The van der Waals surface area contributed by atoms with Crippen LogP contribution in [0.3, 0.4) is 0 Å². The molecule has 4 N–H and O–H groups in total. The number of anilines is 1. The standard InChI is InChI=1S/C16H17N3O2/c17-15-9-13(5-6-18-15)11-1-2-12-8-14(16(20)19-21)4-3-10(12)7-11/h3-6,8-9,11,21H,1-2,7H2,(H2,17,18)(H,19,20). The first kappa shape index (κ1) is 13.6. The smallest absolute Gasteiger partial charge is 0.274 e. The number of benzene rings is 1. The topological polar surface area (TPSA) is 88.2 Å². The molecule has 0 spiro atoms. The van der Waals surface area contributed by atoms with E-state index in [1.54, 1.807) is 17.7 Å². The Kier molecular flexibility index (Phi) is 3.58. The van der Waals surface area contributed by atoms with Crippen molar-refractivity contribution in [3.63, 3.8) is 0 Å². The third-order valence-corrected chi connectivity index (χ3v) is 4.07. The van der Waals surface area contributed by atoms with Crippen molar-refractivity contribution in [3.8, 4) is 0 Å². The van der Waals surface area contributed by atoms with Gasteiger partial charge in [0.1, 0.15) is 5.82 Å². The summed E-state index contributed by atoms with van der Waals surface area (Å²) in [5.41, 5.74) is 11.5. The third-order valence-electron chi connectivity index (χ3n) is 4.07. The van der Waals surface area contributed by atoms with Crippen LogP contribution in [0.25, 0.3) is 0 Å². The molecule has 1 amide bonds. The van der Waals surface area contributed by atoms with Crippen molar-refractivity contribution in [2.45, 2.75) is 25.2 Å². The maximum atomic E-state index is 11.4. The summed E-state index contributed by atoms with van der Waals surface area (Å²) in [6, 6.07) is 9.52. The van der Waals surface area contributed by atoms with Crippen molar-refractivity contribution < 1.29 is 10.0 Å². The SMILES string of the molecule is Nc1cc(C2CCc3cc(C(=O)NO)ccc3C2)ccn1. The van der Waals surface area contributed by atoms with Crippen LogP contribution in [0.1, 0.15) is 39.4 Å². The van der Waals surface area contributed by atoms with Gasteiger partial charge in [0.25, 0.3) is 5.91 Å². The molecule has 108 valence electrons. The molecule has 2 aromatic rings. The maximum absolute atomic E-state index is 11.4. The molecule has 0 fully saturated rings. The molecule has 1 aliphatic rings. The molecule has 3 rings (SSSR count). The van der Waals surface area contributed by atoms with Gasteiger partial charge in [-0.1, -0.05) is 6.07 Å². The second-order valence-electron chi connectivity index (χ2n) is 5.38. The predicted octanol–water partition coefficient (Wildman–Crippen LogP) is 2.06. The van der Waals surface area contributed by atoms with Crippen LogP contribution < -0.4 is 11.2 Å². The van der Waals surface area contributed by atoms with E-state index in [4.69, 9.17) is 10.9 Å². The molecule has 0 radical (unpaired) electrons. The first-order chi connectivity index (χ1) is 10.2. The molecule has 21 heavy (non-hydrogen) atoms. The maximum Gasteiger partial charge on any atom is 0.274 e. The van der Waals surface area contributed by atoms with Crippen LogP contribution in [0.4, 0.5) is 5.82 Å². The number of pyridine rings is 1. The number of nitrogens with one attached hydrogen (secondary N) is 1. The van der Waals surface area contributed by atoms with Crippen LogP contribution in [0.15, 0.2) is 36.5 Å². The molecule has 0 saturated heterocycles. The molecule has 0 aliphatic heterocycles. The van der Waals surface area contributed by atoms with E-state index in [0.717, 1.165) is 19.3 Å². The number of hydroxylamine groups is 1. The summed E-state index contributed by atoms with van der Waals surface area (Å²) in [5.74, 6) is 0.510. The molecule has 1 aliphatic carbocycles. The summed E-state index contributed by atoms with van der Waals surface area (Å²) in [7, 11) is 0. The Morgan fingerprint density at radius 1 is 1.29 bits per heavy atom. The highest BCUT2D eigenvalue weighted by Gasteiger charge is 2.21. The number of aromatic nitrogens is 1. The molecule has 5 heteroatoms. The van der Waals surface area contributed by atoms with Crippen LogP contribution in [0.5, 0.6) is 0 Å². The lowest BCUT2D eigenvalue weighted by atomic mass is 9.80. The number of fused-ring (bicyclic) bond motifs is 1. The summed E-state index contributed by atoms with van der Waals surface area (Å²) in [6.07, 6.45) is 4.60. The van der Waals surface area contributed by atoms with E-state index in [9.17, 15) is 4.79 Å². The Bertz CT molecular complexity index is 685. The van der Waals surface area contributed by atoms with Crippen molar-refractivity contribution >= 4 is 11.7 Å². The lowest BCUT2D eigenvalue weighted by Crippen LogP contribution is -2.20. The van der Waals surface area contributed by atoms with Gasteiger partial charge in [-0.2, -0.15) is 0 Å². The number of nitrogens with two attached hydrogens (primary N) is 1. The largest absolute Gasteiger partial charge is 0.384 e. The molecule has 5 nitrogen and oxygen atoms in total. The normalized spacial score (nSPS) is 17.1. The van der Waals surface area contributed by atoms with Gasteiger partial charge in [-0.25, -0.2) is 10.5 Å². The molecule has 1 heterocycles. The first-order valence-corrected chi connectivity index (χ1v) is 6.95. The fourth-order valence-electron chi connectivity index (χ4n) is 2.96. The minimum atomic E-state index is -0.471. The van der Waals surface area contributed by atoms with Gasteiger partial charge in [-0.15, -0.1) is 0 Å². The van der Waals surface area contributed by atoms with Crippen molar-refractivity contribution in [1.82, 2.24) is 10.5 Å². The average Bonchev–Trinajstić information content (AvgIpc) is 2.53. The van der Waals surface area contributed by atoms with Gasteiger partial charge in [0.2, 0.25) is 0 Å². The van der Waals surface area contributed by atoms with Crippen LogP contribution >= 0.6 is 0 Å². The molecule has 0 saturated carbocycles. The molecule has 1 aromatic heterocycles. The van der Waals surface area contributed by atoms with E-state index in [2.05, 4.69) is 4.98 Å². The number of nitrogens with zero attached hydrogens (tertiary/aromatic N) is 1. The fourth-order valence-corrected chi connectivity index (χ4v) is 2.96. The second-order valence-corrected chi connectivity index (χ2v) is 5.38. The van der Waals surface area contributed by atoms with Crippen molar-refractivity contribution in [1.29, 1.82) is 0 Å². The molecule has 1 unspecified atom stereocenters. The molecular weight excluding hydrogens is 266 g/mol. The number of nitrogen functional groups attached to an aromatic ring is 1. The van der Waals surface area contributed by atoms with Crippen LogP contribution in [-0.4, -0.2) is 16.1 Å². The van der Waals surface area contributed by atoms with Gasteiger partial charge in [-0.05, 0) is 66.1 Å². The first-order valence-electron chi connectivity index (χ1n) is 6.95. The molecule has 0 bridgehead atoms. The second kappa shape index (κ2) is 5.54. The van der Waals surface area contributed by atoms with E-state index in [1.165, 1.54) is 16.7 Å². The predicted molar refractivity (Wildman–Crippen MR) is 79.1 cm³/mol. The van der Waals surface area contributed by atoms with Crippen molar-refractivity contribution in [3.05, 3.63) is 58.8 Å². The zero-order valence-electron chi connectivity index (χ0n) is 11.5. The summed E-state index contributed by atoms with van der Waals surface area (Å²) in [4.78, 5) is 15.5. The Labute approximate surface area is 122 Å². The van der Waals surface area contributed by atoms with E-state index in [0.29, 0.717) is 17.3 Å². The highest BCUT2D eigenvalue weighted by molar-refractivity contribution is 5.93. The van der Waals surface area contributed by atoms with E-state index < -0.39 is 5.91 Å².